The highest BCUT2D eigenvalue weighted by Gasteiger charge is 2.38. The third-order valence-corrected chi connectivity index (χ3v) is 7.67. The third-order valence-electron chi connectivity index (χ3n) is 7.67. The van der Waals surface area contributed by atoms with Gasteiger partial charge >= 0.3 is 6.09 Å². The van der Waals surface area contributed by atoms with E-state index < -0.39 is 5.60 Å². The molecule has 1 amide bonds. The molecule has 228 valence electrons. The van der Waals surface area contributed by atoms with Crippen LogP contribution in [0, 0.1) is 12.3 Å². The molecule has 1 atom stereocenters. The average molecular weight is 595 g/mol. The summed E-state index contributed by atoms with van der Waals surface area (Å²) in [7, 11) is 0. The number of aryl methyl sites for hydroxylation is 1. The predicted molar refractivity (Wildman–Crippen MR) is 169 cm³/mol. The highest BCUT2D eigenvalue weighted by atomic mass is 16.6. The maximum atomic E-state index is 13.2. The monoisotopic (exact) mass is 594 g/mol. The summed E-state index contributed by atoms with van der Waals surface area (Å²) in [5.74, 6) is 2.11. The van der Waals surface area contributed by atoms with E-state index in [1.807, 2.05) is 79.8 Å². The number of rotatable bonds is 5. The van der Waals surface area contributed by atoms with Gasteiger partial charge in [-0.1, -0.05) is 26.8 Å². The van der Waals surface area contributed by atoms with E-state index in [4.69, 9.17) is 9.47 Å². The third kappa shape index (κ3) is 5.95. The van der Waals surface area contributed by atoms with E-state index in [0.29, 0.717) is 30.2 Å². The number of carbonyl (C=O) groups is 1. The number of aromatic nitrogens is 6. The molecule has 1 N–H and O–H groups in total. The Balaban J connectivity index is 1.27. The zero-order valence-corrected chi connectivity index (χ0v) is 26.2. The van der Waals surface area contributed by atoms with Crippen LogP contribution in [0.3, 0.4) is 0 Å². The molecule has 11 heteroatoms. The van der Waals surface area contributed by atoms with Crippen LogP contribution in [0.15, 0.2) is 67.5 Å². The Labute approximate surface area is 256 Å². The predicted octanol–water partition coefficient (Wildman–Crippen LogP) is 7.06. The van der Waals surface area contributed by atoms with Crippen LogP contribution in [0.25, 0.3) is 16.7 Å². The summed E-state index contributed by atoms with van der Waals surface area (Å²) in [5.41, 5.74) is 4.88. The van der Waals surface area contributed by atoms with Gasteiger partial charge in [-0.3, -0.25) is 0 Å². The molecule has 44 heavy (non-hydrogen) atoms. The van der Waals surface area contributed by atoms with Crippen molar-refractivity contribution in [2.45, 2.75) is 66.5 Å². The maximum Gasteiger partial charge on any atom is 0.410 e. The SMILES string of the molecule is Cc1cc(Nc2ncnn3ccc(C4=CCN(C(=O)OC(C)(C)C)C(C(C)(C)C)C4)c23)ccc1Oc1ccn2ncnc2c1. The maximum absolute atomic E-state index is 13.2. The largest absolute Gasteiger partial charge is 0.457 e. The molecule has 0 bridgehead atoms. The zero-order valence-electron chi connectivity index (χ0n) is 26.2. The second-order valence-corrected chi connectivity index (χ2v) is 13.2. The van der Waals surface area contributed by atoms with Crippen molar-refractivity contribution in [1.29, 1.82) is 0 Å². The molecular formula is C33H38N8O3. The second-order valence-electron chi connectivity index (χ2n) is 13.2. The van der Waals surface area contributed by atoms with Crippen LogP contribution in [0.5, 0.6) is 11.5 Å². The van der Waals surface area contributed by atoms with Crippen LogP contribution in [-0.2, 0) is 4.74 Å². The molecule has 6 rings (SSSR count). The van der Waals surface area contributed by atoms with Crippen LogP contribution in [-0.4, -0.2) is 58.4 Å². The zero-order chi connectivity index (χ0) is 31.2. The first-order valence-electron chi connectivity index (χ1n) is 14.7. The Hall–Kier alpha value is -4.93. The molecule has 0 spiro atoms. The number of fused-ring (bicyclic) bond motifs is 2. The molecule has 1 aromatic carbocycles. The van der Waals surface area contributed by atoms with Gasteiger partial charge in [-0.25, -0.2) is 23.8 Å². The summed E-state index contributed by atoms with van der Waals surface area (Å²) in [5, 5.41) is 12.1. The number of amides is 1. The minimum absolute atomic E-state index is 0.0472. The normalized spacial score (nSPS) is 15.8. The van der Waals surface area contributed by atoms with Crippen molar-refractivity contribution < 1.29 is 14.3 Å². The number of pyridine rings is 1. The van der Waals surface area contributed by atoms with Crippen LogP contribution in [0.4, 0.5) is 16.3 Å². The summed E-state index contributed by atoms with van der Waals surface area (Å²) in [6.07, 6.45) is 9.33. The molecule has 0 radical (unpaired) electrons. The fourth-order valence-corrected chi connectivity index (χ4v) is 5.52. The summed E-state index contributed by atoms with van der Waals surface area (Å²) >= 11 is 0. The Morgan fingerprint density at radius 2 is 1.70 bits per heavy atom. The number of ether oxygens (including phenoxy) is 2. The van der Waals surface area contributed by atoms with Gasteiger partial charge in [0.25, 0.3) is 0 Å². The van der Waals surface area contributed by atoms with E-state index in [0.717, 1.165) is 33.7 Å². The number of hydrogen-bond acceptors (Lipinski definition) is 8. The minimum Gasteiger partial charge on any atom is -0.457 e. The van der Waals surface area contributed by atoms with Gasteiger partial charge in [0.05, 0.1) is 0 Å². The molecule has 1 unspecified atom stereocenters. The first-order valence-corrected chi connectivity index (χ1v) is 14.7. The van der Waals surface area contributed by atoms with Gasteiger partial charge in [-0.2, -0.15) is 10.2 Å². The molecule has 5 aromatic rings. The van der Waals surface area contributed by atoms with E-state index in [9.17, 15) is 4.79 Å². The molecular weight excluding hydrogens is 556 g/mol. The highest BCUT2D eigenvalue weighted by Crippen LogP contribution is 2.39. The Morgan fingerprint density at radius 1 is 0.955 bits per heavy atom. The van der Waals surface area contributed by atoms with Crippen LogP contribution in [0.2, 0.25) is 0 Å². The lowest BCUT2D eigenvalue weighted by atomic mass is 9.79. The van der Waals surface area contributed by atoms with Gasteiger partial charge in [0, 0.05) is 42.3 Å². The fraction of sp³-hybridized carbons (Fsp3) is 0.364. The molecule has 0 saturated carbocycles. The lowest BCUT2D eigenvalue weighted by molar-refractivity contribution is 0.00505. The van der Waals surface area contributed by atoms with Crippen molar-refractivity contribution in [2.75, 3.05) is 11.9 Å². The smallest absolute Gasteiger partial charge is 0.410 e. The van der Waals surface area contributed by atoms with Gasteiger partial charge in [0.15, 0.2) is 11.5 Å². The Kier molecular flexibility index (Phi) is 7.27. The first kappa shape index (κ1) is 29.2. The summed E-state index contributed by atoms with van der Waals surface area (Å²) in [6.45, 7) is 14.6. The molecule has 11 nitrogen and oxygen atoms in total. The van der Waals surface area contributed by atoms with E-state index in [2.05, 4.69) is 58.4 Å². The van der Waals surface area contributed by atoms with Crippen molar-refractivity contribution in [3.05, 3.63) is 78.6 Å². The van der Waals surface area contributed by atoms with Gasteiger partial charge in [0.2, 0.25) is 0 Å². The molecule has 0 aliphatic carbocycles. The Morgan fingerprint density at radius 3 is 2.45 bits per heavy atom. The number of anilines is 2. The van der Waals surface area contributed by atoms with Gasteiger partial charge in [0.1, 0.15) is 35.3 Å². The standard InChI is InChI=1S/C33H38N8O3/c1-21-16-23(8-9-26(21)43-24-11-14-40-28(18-24)34-19-36-40)38-30-29-25(12-15-41(29)37-20-35-30)22-10-13-39(27(17-22)32(2,3)4)31(42)44-33(5,6)7/h8-12,14-16,18-20,27H,13,17H2,1-7H3,(H,35,37,38). The lowest BCUT2D eigenvalue weighted by Crippen LogP contribution is -2.50. The van der Waals surface area contributed by atoms with Crippen molar-refractivity contribution in [2.24, 2.45) is 5.41 Å². The van der Waals surface area contributed by atoms with Crippen LogP contribution in [0.1, 0.15) is 59.1 Å². The quantitative estimate of drug-likeness (QED) is 0.230. The van der Waals surface area contributed by atoms with Crippen molar-refractivity contribution in [3.63, 3.8) is 0 Å². The summed E-state index contributed by atoms with van der Waals surface area (Å²) < 4.78 is 15.4. The van der Waals surface area contributed by atoms with Crippen molar-refractivity contribution in [1.82, 2.24) is 34.1 Å². The second kappa shape index (κ2) is 11.0. The minimum atomic E-state index is -0.561. The molecule has 4 aromatic heterocycles. The number of hydrogen-bond donors (Lipinski definition) is 1. The van der Waals surface area contributed by atoms with E-state index in [1.165, 1.54) is 6.33 Å². The van der Waals surface area contributed by atoms with Crippen molar-refractivity contribution >= 4 is 34.3 Å². The van der Waals surface area contributed by atoms with Crippen LogP contribution < -0.4 is 10.1 Å². The Bertz CT molecular complexity index is 1880. The molecule has 5 heterocycles. The lowest BCUT2D eigenvalue weighted by Gasteiger charge is -2.43. The average Bonchev–Trinajstić information content (AvgIpc) is 3.60. The van der Waals surface area contributed by atoms with E-state index >= 15 is 0 Å². The molecule has 1 aliphatic heterocycles. The number of carbonyl (C=O) groups excluding carboxylic acids is 1. The number of nitrogens with zero attached hydrogens (tertiary/aromatic N) is 7. The first-order chi connectivity index (χ1) is 20.9. The van der Waals surface area contributed by atoms with E-state index in [-0.39, 0.29) is 17.6 Å². The van der Waals surface area contributed by atoms with Gasteiger partial charge in [-0.15, -0.1) is 0 Å². The van der Waals surface area contributed by atoms with Gasteiger partial charge in [-0.05, 0) is 81.0 Å². The topological polar surface area (TPSA) is 111 Å². The van der Waals surface area contributed by atoms with E-state index in [1.54, 1.807) is 10.8 Å². The van der Waals surface area contributed by atoms with Crippen molar-refractivity contribution in [3.8, 4) is 11.5 Å². The molecule has 0 fully saturated rings. The number of benzene rings is 1. The van der Waals surface area contributed by atoms with Crippen LogP contribution >= 0.6 is 0 Å². The molecule has 0 saturated heterocycles. The summed E-state index contributed by atoms with van der Waals surface area (Å²) in [6, 6.07) is 11.7. The van der Waals surface area contributed by atoms with Gasteiger partial charge < -0.3 is 19.7 Å². The highest BCUT2D eigenvalue weighted by molar-refractivity contribution is 5.88. The molecule has 1 aliphatic rings. The fourth-order valence-electron chi connectivity index (χ4n) is 5.52. The summed E-state index contributed by atoms with van der Waals surface area (Å²) in [4.78, 5) is 23.9. The number of nitrogens with one attached hydrogen (secondary N) is 1.